The van der Waals surface area contributed by atoms with Crippen molar-refractivity contribution < 1.29 is 66.7 Å². The minimum absolute atomic E-state index is 0.178. The zero-order valence-corrected chi connectivity index (χ0v) is 30.2. The molecular formula is C30H35N5O18S. The van der Waals surface area contributed by atoms with Crippen molar-refractivity contribution >= 4 is 47.6 Å². The molecule has 0 radical (unpaired) electrons. The van der Waals surface area contributed by atoms with Crippen molar-refractivity contribution in [2.45, 2.75) is 101 Å². The van der Waals surface area contributed by atoms with Crippen LogP contribution in [-0.4, -0.2) is 110 Å². The second-order valence-electron chi connectivity index (χ2n) is 11.7. The third kappa shape index (κ3) is 10.1. The molecule has 0 aliphatic carbocycles. The number of aromatic nitrogens is 5. The summed E-state index contributed by atoms with van der Waals surface area (Å²) < 4.78 is 44.3. The molecule has 0 unspecified atom stereocenters. The number of hydrogen-bond acceptors (Lipinski definition) is 20. The Morgan fingerprint density at radius 2 is 1.09 bits per heavy atom. The van der Waals surface area contributed by atoms with Crippen molar-refractivity contribution in [1.29, 1.82) is 0 Å². The van der Waals surface area contributed by atoms with Gasteiger partial charge in [-0.3, -0.25) is 52.9 Å². The van der Waals surface area contributed by atoms with Gasteiger partial charge in [0.2, 0.25) is 0 Å². The summed E-state index contributed by atoms with van der Waals surface area (Å²) in [6.07, 6.45) is -10.4. The SMILES string of the molecule is CC(=O)OC[C@@H]1O[C@H](n2nc(SCc3cn([C@@H]4O[C@H](COC(C)=O)[C@H](OC(C)=O)[C@@H]4OC(C)=O)c(=O)[nH]c3=O)c(=O)[nH]c2=O)[C@@H](OC(C)=O)[C@@H]1OC(C)=O. The number of ether oxygens (including phenoxy) is 8. The van der Waals surface area contributed by atoms with E-state index in [1.165, 1.54) is 0 Å². The summed E-state index contributed by atoms with van der Waals surface area (Å²) in [6, 6.07) is 0. The Hall–Kier alpha value is -5.62. The van der Waals surface area contributed by atoms with E-state index in [4.69, 9.17) is 37.9 Å². The smallest absolute Gasteiger partial charge is 0.347 e. The molecule has 0 amide bonds. The van der Waals surface area contributed by atoms with Crippen LogP contribution in [0.15, 0.2) is 30.4 Å². The number of hydrogen-bond donors (Lipinski definition) is 2. The Balaban J connectivity index is 1.68. The summed E-state index contributed by atoms with van der Waals surface area (Å²) in [6.45, 7) is 5.45. The fourth-order valence-corrected chi connectivity index (χ4v) is 6.26. The predicted molar refractivity (Wildman–Crippen MR) is 173 cm³/mol. The molecule has 2 aromatic rings. The van der Waals surface area contributed by atoms with E-state index in [1.807, 2.05) is 4.98 Å². The lowest BCUT2D eigenvalue weighted by atomic mass is 10.1. The number of thioether (sulfide) groups is 1. The summed E-state index contributed by atoms with van der Waals surface area (Å²) in [7, 11) is 0. The van der Waals surface area contributed by atoms with E-state index in [-0.39, 0.29) is 5.56 Å². The second-order valence-corrected chi connectivity index (χ2v) is 12.6. The van der Waals surface area contributed by atoms with Gasteiger partial charge in [0.25, 0.3) is 11.1 Å². The molecular weight excluding hydrogens is 750 g/mol. The van der Waals surface area contributed by atoms with Gasteiger partial charge in [-0.1, -0.05) is 11.8 Å². The Labute approximate surface area is 306 Å². The molecule has 4 rings (SSSR count). The molecule has 2 N–H and O–H groups in total. The van der Waals surface area contributed by atoms with Crippen LogP contribution >= 0.6 is 11.8 Å². The summed E-state index contributed by atoms with van der Waals surface area (Å²) in [5.74, 6) is -5.21. The highest BCUT2D eigenvalue weighted by atomic mass is 32.2. The lowest BCUT2D eigenvalue weighted by Crippen LogP contribution is -2.43. The van der Waals surface area contributed by atoms with Crippen LogP contribution in [0, 0.1) is 0 Å². The number of nitrogens with one attached hydrogen (secondary N) is 2. The van der Waals surface area contributed by atoms with Crippen LogP contribution in [0.25, 0.3) is 0 Å². The van der Waals surface area contributed by atoms with Gasteiger partial charge in [-0.15, -0.1) is 0 Å². The first kappa shape index (κ1) is 41.1. The van der Waals surface area contributed by atoms with E-state index in [0.29, 0.717) is 16.4 Å². The number of esters is 6. The average molecular weight is 786 g/mol. The number of carbonyl (C=O) groups is 6. The topological polar surface area (TPSA) is 299 Å². The van der Waals surface area contributed by atoms with Crippen molar-refractivity contribution in [2.75, 3.05) is 13.2 Å². The van der Waals surface area contributed by atoms with Crippen LogP contribution in [-0.2, 0) is 72.4 Å². The van der Waals surface area contributed by atoms with Crippen molar-refractivity contribution in [1.82, 2.24) is 24.3 Å². The Morgan fingerprint density at radius 1 is 0.648 bits per heavy atom. The van der Waals surface area contributed by atoms with Crippen LogP contribution < -0.4 is 22.5 Å². The first-order valence-corrected chi connectivity index (χ1v) is 16.8. The Bertz CT molecular complexity index is 1900. The molecule has 2 aliphatic rings. The largest absolute Gasteiger partial charge is 0.463 e. The predicted octanol–water partition coefficient (Wildman–Crippen LogP) is -2.28. The fourth-order valence-electron chi connectivity index (χ4n) is 5.43. The minimum atomic E-state index is -1.63. The zero-order valence-electron chi connectivity index (χ0n) is 29.4. The maximum Gasteiger partial charge on any atom is 0.347 e. The van der Waals surface area contributed by atoms with Crippen LogP contribution in [0.4, 0.5) is 0 Å². The van der Waals surface area contributed by atoms with Crippen molar-refractivity contribution in [3.63, 3.8) is 0 Å². The molecule has 4 heterocycles. The zero-order chi connectivity index (χ0) is 40.0. The highest BCUT2D eigenvalue weighted by Gasteiger charge is 2.52. The van der Waals surface area contributed by atoms with Crippen LogP contribution in [0.2, 0.25) is 0 Å². The molecule has 2 aliphatic heterocycles. The number of carbonyl (C=O) groups excluding carboxylic acids is 6. The molecule has 2 aromatic heterocycles. The molecule has 294 valence electrons. The van der Waals surface area contributed by atoms with Gasteiger partial charge in [0, 0.05) is 59.1 Å². The van der Waals surface area contributed by atoms with Crippen molar-refractivity contribution in [3.8, 4) is 0 Å². The summed E-state index contributed by atoms with van der Waals surface area (Å²) >= 11 is 0.606. The standard InChI is InChI=1S/C30H35N5O18S/c1-11(36)46-8-18-20(48-13(3)38)22(50-15(5)40)27(52-18)34-7-17(24(42)31-29(34)44)10-54-26-25(43)32-30(45)35(33-26)28-23(51-16(6)41)21(49-14(4)39)19(53-28)9-47-12(2)37/h7,18-23,27-28H,8-10H2,1-6H3,(H,31,42,44)(H,32,43,45)/t18-,19+,20+,21-,22+,23+,27-,28+/m1/s1. The minimum Gasteiger partial charge on any atom is -0.463 e. The van der Waals surface area contributed by atoms with Gasteiger partial charge in [0.05, 0.1) is 0 Å². The third-order valence-corrected chi connectivity index (χ3v) is 8.42. The molecule has 0 aromatic carbocycles. The van der Waals surface area contributed by atoms with E-state index in [9.17, 15) is 47.9 Å². The van der Waals surface area contributed by atoms with Crippen molar-refractivity contribution in [3.05, 3.63) is 53.4 Å². The molecule has 24 heteroatoms. The van der Waals surface area contributed by atoms with Gasteiger partial charge in [-0.2, -0.15) is 9.78 Å². The van der Waals surface area contributed by atoms with Gasteiger partial charge in [0.1, 0.15) is 25.4 Å². The van der Waals surface area contributed by atoms with Gasteiger partial charge in [-0.25, -0.2) is 9.59 Å². The summed E-state index contributed by atoms with van der Waals surface area (Å²) in [5.41, 5.74) is -4.31. The maximum absolute atomic E-state index is 13.1. The summed E-state index contributed by atoms with van der Waals surface area (Å²) in [5, 5.41) is 3.62. The first-order valence-electron chi connectivity index (χ1n) is 15.8. The molecule has 8 atom stereocenters. The number of aromatic amines is 2. The molecule has 0 bridgehead atoms. The van der Waals surface area contributed by atoms with E-state index in [1.54, 1.807) is 0 Å². The summed E-state index contributed by atoms with van der Waals surface area (Å²) in [4.78, 5) is 127. The fraction of sp³-hybridized carbons (Fsp3) is 0.567. The van der Waals surface area contributed by atoms with E-state index in [2.05, 4.69) is 10.1 Å². The van der Waals surface area contributed by atoms with Crippen LogP contribution in [0.3, 0.4) is 0 Å². The maximum atomic E-state index is 13.1. The van der Waals surface area contributed by atoms with Crippen molar-refractivity contribution in [2.24, 2.45) is 0 Å². The number of nitrogens with zero attached hydrogens (tertiary/aromatic N) is 3. The van der Waals surface area contributed by atoms with E-state index < -0.39 is 131 Å². The molecule has 54 heavy (non-hydrogen) atoms. The number of H-pyrrole nitrogens is 2. The quantitative estimate of drug-likeness (QED) is 0.123. The highest BCUT2D eigenvalue weighted by Crippen LogP contribution is 2.35. The van der Waals surface area contributed by atoms with Gasteiger partial charge in [-0.05, 0) is 0 Å². The van der Waals surface area contributed by atoms with Gasteiger partial charge >= 0.3 is 47.2 Å². The number of rotatable bonds is 13. The van der Waals surface area contributed by atoms with E-state index >= 15 is 0 Å². The highest BCUT2D eigenvalue weighted by molar-refractivity contribution is 7.98. The molecule has 23 nitrogen and oxygen atoms in total. The molecule has 0 spiro atoms. The first-order chi connectivity index (χ1) is 25.4. The molecule has 0 saturated carbocycles. The molecule has 2 fully saturated rings. The lowest BCUT2D eigenvalue weighted by molar-refractivity contribution is -0.166. The normalized spacial score (nSPS) is 24.6. The Kier molecular flexibility index (Phi) is 13.3. The monoisotopic (exact) mass is 785 g/mol. The second kappa shape index (κ2) is 17.5. The van der Waals surface area contributed by atoms with Crippen LogP contribution in [0.5, 0.6) is 0 Å². The Morgan fingerprint density at radius 3 is 1.57 bits per heavy atom. The van der Waals surface area contributed by atoms with Gasteiger partial charge in [0.15, 0.2) is 41.9 Å². The molecule has 2 saturated heterocycles. The average Bonchev–Trinajstić information content (AvgIpc) is 3.54. The van der Waals surface area contributed by atoms with Gasteiger partial charge < -0.3 is 37.9 Å². The lowest BCUT2D eigenvalue weighted by Gasteiger charge is -2.24. The third-order valence-electron chi connectivity index (χ3n) is 7.42. The van der Waals surface area contributed by atoms with E-state index in [0.717, 1.165) is 52.3 Å². The van der Waals surface area contributed by atoms with Crippen LogP contribution in [0.1, 0.15) is 59.6 Å².